The van der Waals surface area contributed by atoms with E-state index < -0.39 is 0 Å². The van der Waals surface area contributed by atoms with Gasteiger partial charge in [-0.1, -0.05) is 147 Å². The van der Waals surface area contributed by atoms with Crippen LogP contribution in [0.2, 0.25) is 0 Å². The fourth-order valence-corrected chi connectivity index (χ4v) is 9.28. The molecule has 1 heterocycles. The van der Waals surface area contributed by atoms with E-state index in [1.807, 2.05) is 0 Å². The Morgan fingerprint density at radius 1 is 0.368 bits per heavy atom. The maximum absolute atomic E-state index is 2.42. The van der Waals surface area contributed by atoms with E-state index in [9.17, 15) is 0 Å². The summed E-state index contributed by atoms with van der Waals surface area (Å²) >= 11 is 0. The number of aromatic nitrogens is 1. The largest absolute Gasteiger partial charge is 0.310 e. The lowest BCUT2D eigenvalue weighted by Gasteiger charge is -2.28. The molecular weight excluding hydrogens is 689 g/mol. The average Bonchev–Trinajstić information content (AvgIpc) is 3.72. The summed E-state index contributed by atoms with van der Waals surface area (Å²) in [6, 6.07) is 75.7. The van der Waals surface area contributed by atoms with Crippen molar-refractivity contribution in [3.05, 3.63) is 217 Å². The highest BCUT2D eigenvalue weighted by molar-refractivity contribution is 6.10. The molecule has 1 aliphatic rings. The van der Waals surface area contributed by atoms with Crippen LogP contribution in [0, 0.1) is 0 Å². The third-order valence-electron chi connectivity index (χ3n) is 12.2. The molecule has 10 aromatic rings. The number of hydrogen-bond donors (Lipinski definition) is 0. The van der Waals surface area contributed by atoms with E-state index in [2.05, 4.69) is 230 Å². The molecule has 1 aliphatic carbocycles. The predicted octanol–water partition coefficient (Wildman–Crippen LogP) is 15.0. The van der Waals surface area contributed by atoms with Crippen molar-refractivity contribution in [2.45, 2.75) is 19.3 Å². The topological polar surface area (TPSA) is 8.17 Å². The van der Waals surface area contributed by atoms with E-state index in [-0.39, 0.29) is 5.41 Å². The quantitative estimate of drug-likeness (QED) is 0.165. The Hall–Kier alpha value is -7.16. The third kappa shape index (κ3) is 5.40. The molecule has 0 saturated carbocycles. The monoisotopic (exact) mass is 728 g/mol. The summed E-state index contributed by atoms with van der Waals surface area (Å²) in [5, 5.41) is 5.01. The van der Waals surface area contributed by atoms with Crippen LogP contribution >= 0.6 is 0 Å². The summed E-state index contributed by atoms with van der Waals surface area (Å²) < 4.78 is 2.37. The van der Waals surface area contributed by atoms with Crippen molar-refractivity contribution in [1.29, 1.82) is 0 Å². The Morgan fingerprint density at radius 2 is 1.00 bits per heavy atom. The minimum absolute atomic E-state index is 0.104. The number of hydrogen-bond acceptors (Lipinski definition) is 1. The van der Waals surface area contributed by atoms with Gasteiger partial charge in [-0.25, -0.2) is 0 Å². The van der Waals surface area contributed by atoms with Crippen LogP contribution in [0.25, 0.3) is 71.6 Å². The van der Waals surface area contributed by atoms with E-state index in [4.69, 9.17) is 0 Å². The summed E-state index contributed by atoms with van der Waals surface area (Å²) in [4.78, 5) is 2.42. The van der Waals surface area contributed by atoms with Crippen LogP contribution in [0.4, 0.5) is 17.1 Å². The van der Waals surface area contributed by atoms with Crippen LogP contribution in [-0.4, -0.2) is 4.57 Å². The van der Waals surface area contributed by atoms with Gasteiger partial charge in [-0.3, -0.25) is 0 Å². The number of nitrogens with zero attached hydrogens (tertiary/aromatic N) is 2. The van der Waals surface area contributed by atoms with Gasteiger partial charge in [0.1, 0.15) is 0 Å². The minimum atomic E-state index is -0.104. The van der Waals surface area contributed by atoms with Crippen molar-refractivity contribution >= 4 is 49.6 Å². The van der Waals surface area contributed by atoms with Gasteiger partial charge in [0.25, 0.3) is 0 Å². The maximum atomic E-state index is 2.42. The third-order valence-corrected chi connectivity index (χ3v) is 12.2. The maximum Gasteiger partial charge on any atom is 0.0541 e. The van der Waals surface area contributed by atoms with E-state index in [1.54, 1.807) is 0 Å². The first kappa shape index (κ1) is 33.2. The van der Waals surface area contributed by atoms with Gasteiger partial charge in [0.05, 0.1) is 11.0 Å². The fraction of sp³-hybridized carbons (Fsp3) is 0.0545. The van der Waals surface area contributed by atoms with Crippen molar-refractivity contribution in [2.24, 2.45) is 0 Å². The second kappa shape index (κ2) is 13.0. The van der Waals surface area contributed by atoms with E-state index in [1.165, 1.54) is 82.8 Å². The fourth-order valence-electron chi connectivity index (χ4n) is 9.28. The number of para-hydroxylation sites is 2. The summed E-state index contributed by atoms with van der Waals surface area (Å²) in [5.41, 5.74) is 17.1. The Balaban J connectivity index is 1.03. The van der Waals surface area contributed by atoms with E-state index in [0.29, 0.717) is 0 Å². The number of fused-ring (bicyclic) bond motifs is 7. The molecule has 0 saturated heterocycles. The van der Waals surface area contributed by atoms with Crippen LogP contribution in [0.15, 0.2) is 206 Å². The highest BCUT2D eigenvalue weighted by Crippen LogP contribution is 2.51. The molecule has 270 valence electrons. The van der Waals surface area contributed by atoms with Crippen molar-refractivity contribution in [2.75, 3.05) is 4.90 Å². The van der Waals surface area contributed by atoms with Crippen LogP contribution in [0.1, 0.15) is 25.0 Å². The average molecular weight is 729 g/mol. The highest BCUT2D eigenvalue weighted by Gasteiger charge is 2.35. The van der Waals surface area contributed by atoms with Gasteiger partial charge in [-0.15, -0.1) is 0 Å². The zero-order chi connectivity index (χ0) is 38.1. The molecule has 0 N–H and O–H groups in total. The van der Waals surface area contributed by atoms with E-state index >= 15 is 0 Å². The lowest BCUT2D eigenvalue weighted by atomic mass is 9.82. The Kier molecular flexibility index (Phi) is 7.55. The van der Waals surface area contributed by atoms with Gasteiger partial charge in [0.2, 0.25) is 0 Å². The zero-order valence-corrected chi connectivity index (χ0v) is 32.0. The molecule has 0 fully saturated rings. The van der Waals surface area contributed by atoms with Crippen LogP contribution in [0.3, 0.4) is 0 Å². The normalized spacial score (nSPS) is 12.9. The Labute approximate surface area is 333 Å². The molecule has 2 heteroatoms. The molecule has 11 rings (SSSR count). The predicted molar refractivity (Wildman–Crippen MR) is 241 cm³/mol. The van der Waals surface area contributed by atoms with Gasteiger partial charge in [-0.2, -0.15) is 0 Å². The number of rotatable bonds is 6. The molecule has 0 radical (unpaired) electrons. The first-order valence-corrected chi connectivity index (χ1v) is 19.8. The minimum Gasteiger partial charge on any atom is -0.310 e. The van der Waals surface area contributed by atoms with Crippen LogP contribution < -0.4 is 4.90 Å². The van der Waals surface area contributed by atoms with Crippen molar-refractivity contribution < 1.29 is 0 Å². The molecule has 57 heavy (non-hydrogen) atoms. The second-order valence-electron chi connectivity index (χ2n) is 15.8. The van der Waals surface area contributed by atoms with Gasteiger partial charge >= 0.3 is 0 Å². The molecule has 1 aromatic heterocycles. The van der Waals surface area contributed by atoms with Gasteiger partial charge in [0, 0.05) is 38.9 Å². The Morgan fingerprint density at radius 3 is 1.88 bits per heavy atom. The highest BCUT2D eigenvalue weighted by atomic mass is 15.1. The number of anilines is 3. The van der Waals surface area contributed by atoms with Crippen molar-refractivity contribution in [3.8, 4) is 39.1 Å². The number of benzene rings is 9. The molecule has 9 aromatic carbocycles. The second-order valence-corrected chi connectivity index (χ2v) is 15.8. The lowest BCUT2D eigenvalue weighted by Crippen LogP contribution is -2.16. The molecule has 0 spiro atoms. The molecular formula is C55H40N2. The first-order valence-electron chi connectivity index (χ1n) is 19.8. The van der Waals surface area contributed by atoms with Crippen molar-refractivity contribution in [1.82, 2.24) is 4.57 Å². The summed E-state index contributed by atoms with van der Waals surface area (Å²) in [6.45, 7) is 4.71. The van der Waals surface area contributed by atoms with Gasteiger partial charge < -0.3 is 9.47 Å². The lowest BCUT2D eigenvalue weighted by molar-refractivity contribution is 0.660. The summed E-state index contributed by atoms with van der Waals surface area (Å²) in [5.74, 6) is 0. The molecule has 0 bridgehead atoms. The van der Waals surface area contributed by atoms with Crippen LogP contribution in [0.5, 0.6) is 0 Å². The molecule has 0 aliphatic heterocycles. The molecule has 0 atom stereocenters. The SMILES string of the molecule is CC1(C)c2ccccc2-c2ccc(N(c3ccc(-c4ccc5c(c4)c4ccccc4n5-c4ccccc4)cc3)c3cccc(-c4ccc5ccccc5c4)c3)cc21. The standard InChI is InChI=1S/C55H40N2/c1-55(2)51-21-10-8-19-47(51)48-31-30-46(36-52(48)55)56(45-18-12-15-40(34-45)41-24-23-37-13-6-7-14-39(37)33-41)44-28-25-38(26-29-44)42-27-32-54-50(35-42)49-20-9-11-22-53(49)57(54)43-16-4-3-5-17-43/h3-36H,1-2H3. The Bertz CT molecular complexity index is 3150. The molecule has 0 amide bonds. The summed E-state index contributed by atoms with van der Waals surface area (Å²) in [6.07, 6.45) is 0. The van der Waals surface area contributed by atoms with Crippen molar-refractivity contribution in [3.63, 3.8) is 0 Å². The van der Waals surface area contributed by atoms with Gasteiger partial charge in [-0.05, 0) is 128 Å². The van der Waals surface area contributed by atoms with E-state index in [0.717, 1.165) is 17.1 Å². The van der Waals surface area contributed by atoms with Gasteiger partial charge in [0.15, 0.2) is 0 Å². The van der Waals surface area contributed by atoms with Crippen LogP contribution in [-0.2, 0) is 5.41 Å². The summed E-state index contributed by atoms with van der Waals surface area (Å²) in [7, 11) is 0. The molecule has 0 unspecified atom stereocenters. The molecule has 2 nitrogen and oxygen atoms in total. The zero-order valence-electron chi connectivity index (χ0n) is 32.0. The first-order chi connectivity index (χ1) is 28.0. The smallest absolute Gasteiger partial charge is 0.0541 e.